The zero-order valence-electron chi connectivity index (χ0n) is 13.5. The van der Waals surface area contributed by atoms with E-state index in [1.165, 1.54) is 38.2 Å². The van der Waals surface area contributed by atoms with Crippen LogP contribution in [0.15, 0.2) is 18.3 Å². The summed E-state index contributed by atoms with van der Waals surface area (Å²) in [6, 6.07) is 3.49. The van der Waals surface area contributed by atoms with E-state index < -0.39 is 0 Å². The fraction of sp³-hybridized carbons (Fsp3) is 0.706. The SMILES string of the molecule is CCNC(c1ccc(F)cn1)C(C)CN1CCC(C)CC1. The Morgan fingerprint density at radius 2 is 2.10 bits per heavy atom. The number of nitrogens with one attached hydrogen (secondary N) is 1. The number of pyridine rings is 1. The summed E-state index contributed by atoms with van der Waals surface area (Å²) in [5.41, 5.74) is 0.941. The van der Waals surface area contributed by atoms with Gasteiger partial charge in [0, 0.05) is 6.54 Å². The number of hydrogen-bond acceptors (Lipinski definition) is 3. The van der Waals surface area contributed by atoms with Crippen molar-refractivity contribution in [3.05, 3.63) is 29.8 Å². The van der Waals surface area contributed by atoms with E-state index >= 15 is 0 Å². The van der Waals surface area contributed by atoms with Gasteiger partial charge >= 0.3 is 0 Å². The molecule has 0 saturated carbocycles. The molecule has 1 aromatic heterocycles. The molecule has 3 nitrogen and oxygen atoms in total. The summed E-state index contributed by atoms with van der Waals surface area (Å²) in [6.07, 6.45) is 3.91. The molecule has 0 amide bonds. The molecule has 0 aliphatic carbocycles. The van der Waals surface area contributed by atoms with Gasteiger partial charge in [0.2, 0.25) is 0 Å². The first-order valence-corrected chi connectivity index (χ1v) is 8.17. The number of nitrogens with zero attached hydrogens (tertiary/aromatic N) is 2. The molecule has 1 aliphatic rings. The molecule has 2 heterocycles. The third-order valence-electron chi connectivity index (χ3n) is 4.48. The van der Waals surface area contributed by atoms with Gasteiger partial charge in [-0.1, -0.05) is 20.8 Å². The lowest BCUT2D eigenvalue weighted by Gasteiger charge is -2.34. The van der Waals surface area contributed by atoms with Gasteiger partial charge in [0.1, 0.15) is 5.82 Å². The summed E-state index contributed by atoms with van der Waals surface area (Å²) in [7, 11) is 0. The van der Waals surface area contributed by atoms with Crippen molar-refractivity contribution in [3.8, 4) is 0 Å². The normalized spacial score (nSPS) is 20.4. The summed E-state index contributed by atoms with van der Waals surface area (Å²) >= 11 is 0. The highest BCUT2D eigenvalue weighted by Crippen LogP contribution is 2.24. The van der Waals surface area contributed by atoms with Gasteiger partial charge in [-0.15, -0.1) is 0 Å². The molecule has 2 rings (SSSR count). The molecular formula is C17H28FN3. The van der Waals surface area contributed by atoms with Crippen LogP contribution in [0.25, 0.3) is 0 Å². The van der Waals surface area contributed by atoms with E-state index in [0.717, 1.165) is 24.7 Å². The molecule has 0 aromatic carbocycles. The Kier molecular flexibility index (Phi) is 6.12. The zero-order valence-corrected chi connectivity index (χ0v) is 13.5. The monoisotopic (exact) mass is 293 g/mol. The maximum atomic E-state index is 13.1. The minimum Gasteiger partial charge on any atom is -0.309 e. The summed E-state index contributed by atoms with van der Waals surface area (Å²) in [5, 5.41) is 3.50. The van der Waals surface area contributed by atoms with Crippen LogP contribution in [0.1, 0.15) is 45.3 Å². The van der Waals surface area contributed by atoms with Crippen LogP contribution >= 0.6 is 0 Å². The first-order valence-electron chi connectivity index (χ1n) is 8.17. The Morgan fingerprint density at radius 1 is 1.38 bits per heavy atom. The summed E-state index contributed by atoms with van der Waals surface area (Å²) in [4.78, 5) is 6.82. The van der Waals surface area contributed by atoms with Gasteiger partial charge in [0.05, 0.1) is 17.9 Å². The van der Waals surface area contributed by atoms with E-state index in [1.54, 1.807) is 6.07 Å². The molecule has 118 valence electrons. The second-order valence-electron chi connectivity index (χ2n) is 6.40. The molecule has 1 saturated heterocycles. The molecule has 2 atom stereocenters. The lowest BCUT2D eigenvalue weighted by molar-refractivity contribution is 0.156. The average molecular weight is 293 g/mol. The average Bonchev–Trinajstić information content (AvgIpc) is 2.48. The minimum atomic E-state index is -0.272. The Hall–Kier alpha value is -1.00. The van der Waals surface area contributed by atoms with E-state index in [2.05, 4.69) is 36.0 Å². The quantitative estimate of drug-likeness (QED) is 0.873. The Bertz CT molecular complexity index is 413. The minimum absolute atomic E-state index is 0.190. The standard InChI is InChI=1S/C17H28FN3/c1-4-19-17(16-6-5-15(18)11-20-16)14(3)12-21-9-7-13(2)8-10-21/h5-6,11,13-14,17,19H,4,7-10,12H2,1-3H3. The van der Waals surface area contributed by atoms with Crippen LogP contribution in [0, 0.1) is 17.7 Å². The maximum Gasteiger partial charge on any atom is 0.141 e. The molecule has 2 unspecified atom stereocenters. The van der Waals surface area contributed by atoms with Crippen LogP contribution in [0.2, 0.25) is 0 Å². The van der Waals surface area contributed by atoms with Gasteiger partial charge in [0.15, 0.2) is 0 Å². The topological polar surface area (TPSA) is 28.2 Å². The van der Waals surface area contributed by atoms with Crippen LogP contribution in [-0.2, 0) is 0 Å². The third-order valence-corrected chi connectivity index (χ3v) is 4.48. The van der Waals surface area contributed by atoms with Crippen LogP contribution in [0.4, 0.5) is 4.39 Å². The molecule has 4 heteroatoms. The largest absolute Gasteiger partial charge is 0.309 e. The maximum absolute atomic E-state index is 13.1. The van der Waals surface area contributed by atoms with E-state index in [-0.39, 0.29) is 11.9 Å². The van der Waals surface area contributed by atoms with Gasteiger partial charge in [0.25, 0.3) is 0 Å². The second-order valence-corrected chi connectivity index (χ2v) is 6.40. The third kappa shape index (κ3) is 4.75. The van der Waals surface area contributed by atoms with Crippen molar-refractivity contribution in [3.63, 3.8) is 0 Å². The lowest BCUT2D eigenvalue weighted by atomic mass is 9.94. The first-order chi connectivity index (χ1) is 10.1. The summed E-state index contributed by atoms with van der Waals surface area (Å²) < 4.78 is 13.1. The molecule has 1 aromatic rings. The predicted molar refractivity (Wildman–Crippen MR) is 84.6 cm³/mol. The van der Waals surface area contributed by atoms with Crippen molar-refractivity contribution < 1.29 is 4.39 Å². The van der Waals surface area contributed by atoms with Crippen LogP contribution in [0.3, 0.4) is 0 Å². The van der Waals surface area contributed by atoms with E-state index in [0.29, 0.717) is 5.92 Å². The van der Waals surface area contributed by atoms with Crippen molar-refractivity contribution in [1.29, 1.82) is 0 Å². The van der Waals surface area contributed by atoms with Crippen molar-refractivity contribution in [2.75, 3.05) is 26.2 Å². The van der Waals surface area contributed by atoms with Crippen molar-refractivity contribution >= 4 is 0 Å². The number of hydrogen-bond donors (Lipinski definition) is 1. The van der Waals surface area contributed by atoms with Gasteiger partial charge in [-0.2, -0.15) is 0 Å². The fourth-order valence-corrected chi connectivity index (χ4v) is 3.15. The zero-order chi connectivity index (χ0) is 15.2. The molecule has 21 heavy (non-hydrogen) atoms. The summed E-state index contributed by atoms with van der Waals surface area (Å²) in [6.45, 7) is 11.1. The smallest absolute Gasteiger partial charge is 0.141 e. The number of halogens is 1. The number of rotatable bonds is 6. The molecule has 1 fully saturated rings. The molecule has 0 radical (unpaired) electrons. The molecular weight excluding hydrogens is 265 g/mol. The van der Waals surface area contributed by atoms with E-state index in [4.69, 9.17) is 0 Å². The Balaban J connectivity index is 1.98. The van der Waals surface area contributed by atoms with Gasteiger partial charge < -0.3 is 10.2 Å². The Labute approximate surface area is 127 Å². The van der Waals surface area contributed by atoms with Gasteiger partial charge in [-0.25, -0.2) is 4.39 Å². The molecule has 1 aliphatic heterocycles. The van der Waals surface area contributed by atoms with Crippen molar-refractivity contribution in [2.45, 2.75) is 39.7 Å². The van der Waals surface area contributed by atoms with Crippen LogP contribution < -0.4 is 5.32 Å². The van der Waals surface area contributed by atoms with Gasteiger partial charge in [-0.05, 0) is 56.4 Å². The number of piperidine rings is 1. The van der Waals surface area contributed by atoms with Crippen LogP contribution in [-0.4, -0.2) is 36.1 Å². The predicted octanol–water partition coefficient (Wildman–Crippen LogP) is 3.24. The Morgan fingerprint density at radius 3 is 2.67 bits per heavy atom. The highest BCUT2D eigenvalue weighted by Gasteiger charge is 2.24. The molecule has 0 bridgehead atoms. The number of aromatic nitrogens is 1. The molecule has 0 spiro atoms. The number of likely N-dealkylation sites (tertiary alicyclic amines) is 1. The first kappa shape index (κ1) is 16.4. The van der Waals surface area contributed by atoms with Crippen LogP contribution in [0.5, 0.6) is 0 Å². The fourth-order valence-electron chi connectivity index (χ4n) is 3.15. The van der Waals surface area contributed by atoms with Crippen molar-refractivity contribution in [2.24, 2.45) is 11.8 Å². The van der Waals surface area contributed by atoms with E-state index in [9.17, 15) is 4.39 Å². The van der Waals surface area contributed by atoms with E-state index in [1.807, 2.05) is 0 Å². The highest BCUT2D eigenvalue weighted by atomic mass is 19.1. The van der Waals surface area contributed by atoms with Gasteiger partial charge in [-0.3, -0.25) is 4.98 Å². The van der Waals surface area contributed by atoms with Crippen molar-refractivity contribution in [1.82, 2.24) is 15.2 Å². The second kappa shape index (κ2) is 7.85. The highest BCUT2D eigenvalue weighted by molar-refractivity contribution is 5.11. The lowest BCUT2D eigenvalue weighted by Crippen LogP contribution is -2.40. The molecule has 1 N–H and O–H groups in total. The summed E-state index contributed by atoms with van der Waals surface area (Å²) in [5.74, 6) is 1.04.